The molecule has 2 aliphatic heterocycles. The molecule has 29 heavy (non-hydrogen) atoms. The van der Waals surface area contributed by atoms with Gasteiger partial charge in [0.25, 0.3) is 0 Å². The van der Waals surface area contributed by atoms with Gasteiger partial charge in [-0.25, -0.2) is 9.37 Å². The predicted molar refractivity (Wildman–Crippen MR) is 105 cm³/mol. The van der Waals surface area contributed by atoms with Crippen LogP contribution in [0, 0.1) is 5.82 Å². The smallest absolute Gasteiger partial charge is 0.248 e. The van der Waals surface area contributed by atoms with Gasteiger partial charge >= 0.3 is 0 Å². The number of amides is 1. The molecule has 1 atom stereocenters. The van der Waals surface area contributed by atoms with E-state index in [9.17, 15) is 9.18 Å². The lowest BCUT2D eigenvalue weighted by Crippen LogP contribution is -2.55. The van der Waals surface area contributed by atoms with Crippen molar-refractivity contribution in [3.63, 3.8) is 0 Å². The molecule has 1 aromatic carbocycles. The van der Waals surface area contributed by atoms with Gasteiger partial charge in [0, 0.05) is 44.6 Å². The molecule has 156 valence electrons. The lowest BCUT2D eigenvalue weighted by Gasteiger charge is -2.42. The highest BCUT2D eigenvalue weighted by molar-refractivity contribution is 5.78. The Labute approximate surface area is 170 Å². The number of hydrogen-bond acceptors (Lipinski definition) is 5. The summed E-state index contributed by atoms with van der Waals surface area (Å²) in [6.45, 7) is 4.89. The summed E-state index contributed by atoms with van der Waals surface area (Å²) < 4.78 is 26.4. The Kier molecular flexibility index (Phi) is 6.41. The number of halogens is 1. The van der Waals surface area contributed by atoms with E-state index in [0.717, 1.165) is 39.0 Å². The zero-order chi connectivity index (χ0) is 20.1. The van der Waals surface area contributed by atoms with E-state index in [1.807, 2.05) is 17.4 Å². The Balaban J connectivity index is 1.23. The summed E-state index contributed by atoms with van der Waals surface area (Å²) in [5.74, 6) is 0.365. The number of piperidine rings is 1. The van der Waals surface area contributed by atoms with Crippen molar-refractivity contribution in [1.82, 2.24) is 19.4 Å². The summed E-state index contributed by atoms with van der Waals surface area (Å²) in [5, 5.41) is 0. The fourth-order valence-corrected chi connectivity index (χ4v) is 3.95. The molecule has 2 saturated heterocycles. The van der Waals surface area contributed by atoms with Crippen LogP contribution in [0.15, 0.2) is 43.0 Å². The maximum Gasteiger partial charge on any atom is 0.248 e. The molecule has 0 radical (unpaired) electrons. The third-order valence-electron chi connectivity index (χ3n) is 5.64. The third-order valence-corrected chi connectivity index (χ3v) is 5.64. The van der Waals surface area contributed by atoms with Crippen LogP contribution in [0.25, 0.3) is 0 Å². The quantitative estimate of drug-likeness (QED) is 0.707. The van der Waals surface area contributed by atoms with Crippen molar-refractivity contribution >= 4 is 5.91 Å². The number of morpholine rings is 1. The minimum atomic E-state index is -0.292. The number of aromatic nitrogens is 2. The maximum atomic E-state index is 13.0. The van der Waals surface area contributed by atoms with Gasteiger partial charge in [-0.1, -0.05) is 0 Å². The van der Waals surface area contributed by atoms with E-state index in [0.29, 0.717) is 18.9 Å². The molecule has 1 aromatic heterocycles. The summed E-state index contributed by atoms with van der Waals surface area (Å²) in [6.07, 6.45) is 7.40. The highest BCUT2D eigenvalue weighted by atomic mass is 19.1. The first-order valence-electron chi connectivity index (χ1n) is 10.1. The van der Waals surface area contributed by atoms with E-state index in [4.69, 9.17) is 9.47 Å². The van der Waals surface area contributed by atoms with Crippen LogP contribution in [0.3, 0.4) is 0 Å². The van der Waals surface area contributed by atoms with Gasteiger partial charge in [-0.2, -0.15) is 0 Å². The minimum Gasteiger partial charge on any atom is -0.491 e. The molecule has 0 bridgehead atoms. The molecule has 0 spiro atoms. The van der Waals surface area contributed by atoms with Crippen LogP contribution in [0.4, 0.5) is 4.39 Å². The number of benzene rings is 1. The van der Waals surface area contributed by atoms with E-state index in [1.165, 1.54) is 12.1 Å². The first-order chi connectivity index (χ1) is 14.2. The van der Waals surface area contributed by atoms with Crippen molar-refractivity contribution in [3.05, 3.63) is 48.8 Å². The van der Waals surface area contributed by atoms with Crippen LogP contribution >= 0.6 is 0 Å². The molecule has 0 saturated carbocycles. The van der Waals surface area contributed by atoms with Crippen molar-refractivity contribution in [2.45, 2.75) is 31.5 Å². The second-order valence-corrected chi connectivity index (χ2v) is 7.62. The Morgan fingerprint density at radius 3 is 2.69 bits per heavy atom. The molecule has 2 fully saturated rings. The van der Waals surface area contributed by atoms with Crippen LogP contribution in [0.1, 0.15) is 12.8 Å². The zero-order valence-electron chi connectivity index (χ0n) is 16.5. The third kappa shape index (κ3) is 5.33. The van der Waals surface area contributed by atoms with E-state index in [1.54, 1.807) is 18.3 Å². The first-order valence-corrected chi connectivity index (χ1v) is 10.1. The average molecular weight is 402 g/mol. The number of imidazole rings is 1. The molecule has 0 unspecified atom stereocenters. The molecule has 2 aromatic rings. The summed E-state index contributed by atoms with van der Waals surface area (Å²) >= 11 is 0. The summed E-state index contributed by atoms with van der Waals surface area (Å²) in [5.41, 5.74) is 0. The normalized spacial score (nSPS) is 21.5. The fraction of sp³-hybridized carbons (Fsp3) is 0.524. The summed E-state index contributed by atoms with van der Waals surface area (Å²) in [6, 6.07) is 6.19. The van der Waals surface area contributed by atoms with Gasteiger partial charge in [-0.15, -0.1) is 0 Å². The fourth-order valence-electron chi connectivity index (χ4n) is 3.95. The van der Waals surface area contributed by atoms with Crippen molar-refractivity contribution in [1.29, 1.82) is 0 Å². The van der Waals surface area contributed by atoms with Gasteiger partial charge in [-0.3, -0.25) is 4.79 Å². The lowest BCUT2D eigenvalue weighted by molar-refractivity contribution is -0.155. The number of ether oxygens (including phenoxy) is 2. The first kappa shape index (κ1) is 19.8. The monoisotopic (exact) mass is 402 g/mol. The highest BCUT2D eigenvalue weighted by Gasteiger charge is 2.33. The molecular weight excluding hydrogens is 375 g/mol. The number of hydrogen-bond donors (Lipinski definition) is 0. The SMILES string of the molecule is O=C1CO[C@H](COc2ccc(F)cc2)CN1C1CCN(CCn2ccnc2)CC1. The lowest BCUT2D eigenvalue weighted by atomic mass is 10.0. The number of likely N-dealkylation sites (tertiary alicyclic amines) is 1. The number of carbonyl (C=O) groups is 1. The average Bonchev–Trinajstić information content (AvgIpc) is 3.27. The molecule has 3 heterocycles. The number of carbonyl (C=O) groups excluding carboxylic acids is 1. The Bertz CT molecular complexity index is 776. The topological polar surface area (TPSA) is 59.8 Å². The van der Waals surface area contributed by atoms with Crippen molar-refractivity contribution in [2.24, 2.45) is 0 Å². The molecule has 4 rings (SSSR count). The molecule has 0 N–H and O–H groups in total. The van der Waals surface area contributed by atoms with E-state index in [2.05, 4.69) is 14.5 Å². The zero-order valence-corrected chi connectivity index (χ0v) is 16.5. The molecule has 1 amide bonds. The van der Waals surface area contributed by atoms with Crippen LogP contribution in [-0.4, -0.2) is 76.8 Å². The Hall–Kier alpha value is -2.45. The van der Waals surface area contributed by atoms with E-state index >= 15 is 0 Å². The second-order valence-electron chi connectivity index (χ2n) is 7.62. The highest BCUT2D eigenvalue weighted by Crippen LogP contribution is 2.21. The van der Waals surface area contributed by atoms with Crippen molar-refractivity contribution in [2.75, 3.05) is 39.4 Å². The van der Waals surface area contributed by atoms with Crippen LogP contribution in [0.2, 0.25) is 0 Å². The van der Waals surface area contributed by atoms with Crippen LogP contribution in [-0.2, 0) is 16.1 Å². The van der Waals surface area contributed by atoms with E-state index < -0.39 is 0 Å². The van der Waals surface area contributed by atoms with Gasteiger partial charge in [0.2, 0.25) is 5.91 Å². The number of rotatable bonds is 7. The maximum absolute atomic E-state index is 13.0. The van der Waals surface area contributed by atoms with E-state index in [-0.39, 0.29) is 30.5 Å². The largest absolute Gasteiger partial charge is 0.491 e. The predicted octanol–water partition coefficient (Wildman–Crippen LogP) is 1.79. The second kappa shape index (κ2) is 9.37. The van der Waals surface area contributed by atoms with Crippen LogP contribution in [0.5, 0.6) is 5.75 Å². The van der Waals surface area contributed by atoms with Crippen molar-refractivity contribution < 1.29 is 18.7 Å². The molecular formula is C21H27FN4O3. The Morgan fingerprint density at radius 2 is 1.97 bits per heavy atom. The number of nitrogens with zero attached hydrogens (tertiary/aromatic N) is 4. The minimum absolute atomic E-state index is 0.0555. The summed E-state index contributed by atoms with van der Waals surface area (Å²) in [4.78, 5) is 20.9. The molecule has 7 nitrogen and oxygen atoms in total. The molecule has 0 aliphatic carbocycles. The molecule has 8 heteroatoms. The van der Waals surface area contributed by atoms with Crippen LogP contribution < -0.4 is 4.74 Å². The summed E-state index contributed by atoms with van der Waals surface area (Å²) in [7, 11) is 0. The molecule has 2 aliphatic rings. The van der Waals surface area contributed by atoms with Gasteiger partial charge in [-0.05, 0) is 37.1 Å². The Morgan fingerprint density at radius 1 is 1.17 bits per heavy atom. The van der Waals surface area contributed by atoms with Crippen molar-refractivity contribution in [3.8, 4) is 5.75 Å². The van der Waals surface area contributed by atoms with Gasteiger partial charge in [0.1, 0.15) is 30.9 Å². The van der Waals surface area contributed by atoms with Gasteiger partial charge in [0.15, 0.2) is 0 Å². The van der Waals surface area contributed by atoms with Gasteiger partial charge in [0.05, 0.1) is 12.9 Å². The standard InChI is InChI=1S/C21H27FN4O3/c22-17-1-3-19(4-2-17)28-14-20-13-26(21(27)15-29-20)18-5-8-24(9-6-18)11-12-25-10-7-23-16-25/h1-4,7,10,16,18,20H,5-6,8-9,11-15H2/t20-/m0/s1. The van der Waals surface area contributed by atoms with Gasteiger partial charge < -0.3 is 23.8 Å².